The molecule has 3 nitrogen and oxygen atoms in total. The molecule has 0 radical (unpaired) electrons. The number of aromatic nitrogens is 1. The number of pyridine rings is 1. The first kappa shape index (κ1) is 12.7. The van der Waals surface area contributed by atoms with Gasteiger partial charge in [-0.1, -0.05) is 6.07 Å². The molecule has 0 bridgehead atoms. The Bertz CT molecular complexity index is 381. The second-order valence-electron chi connectivity index (χ2n) is 4.64. The average molecular weight is 251 g/mol. The largest absolute Gasteiger partial charge is 0.352 e. The van der Waals surface area contributed by atoms with Crippen LogP contribution < -0.4 is 10.6 Å². The second-order valence-corrected chi connectivity index (χ2v) is 5.79. The normalized spacial score (nSPS) is 20.6. The van der Waals surface area contributed by atoms with E-state index in [1.54, 1.807) is 0 Å². The molecule has 0 spiro atoms. The molecule has 1 aromatic heterocycles. The summed E-state index contributed by atoms with van der Waals surface area (Å²) in [5, 5.41) is 0. The molecule has 1 saturated heterocycles. The second kappa shape index (κ2) is 5.74. The zero-order chi connectivity index (χ0) is 12.3. The van der Waals surface area contributed by atoms with Gasteiger partial charge in [-0.2, -0.15) is 11.8 Å². The number of thioether (sulfide) groups is 1. The van der Waals surface area contributed by atoms with Crippen molar-refractivity contribution in [2.45, 2.75) is 26.3 Å². The lowest BCUT2D eigenvalue weighted by molar-refractivity contribution is 0.686. The lowest BCUT2D eigenvalue weighted by Crippen LogP contribution is -2.41. The Balaban J connectivity index is 2.20. The van der Waals surface area contributed by atoms with E-state index in [9.17, 15) is 0 Å². The molecular formula is C13H21N3S. The number of aryl methyl sites for hydroxylation is 1. The van der Waals surface area contributed by atoms with Gasteiger partial charge in [0.2, 0.25) is 0 Å². The minimum Gasteiger partial charge on any atom is -0.352 e. The molecule has 94 valence electrons. The molecule has 0 amide bonds. The number of nitrogens with zero attached hydrogens (tertiary/aromatic N) is 2. The van der Waals surface area contributed by atoms with Crippen molar-refractivity contribution in [1.29, 1.82) is 0 Å². The molecule has 1 aromatic rings. The molecule has 4 heteroatoms. The van der Waals surface area contributed by atoms with Crippen molar-refractivity contribution in [3.8, 4) is 0 Å². The molecular weight excluding hydrogens is 230 g/mol. The third-order valence-corrected chi connectivity index (χ3v) is 4.37. The smallest absolute Gasteiger partial charge is 0.131 e. The fourth-order valence-electron chi connectivity index (χ4n) is 2.27. The molecule has 17 heavy (non-hydrogen) atoms. The van der Waals surface area contributed by atoms with E-state index < -0.39 is 0 Å². The number of rotatable bonds is 3. The predicted molar refractivity (Wildman–Crippen MR) is 75.9 cm³/mol. The molecule has 1 atom stereocenters. The number of hydrogen-bond acceptors (Lipinski definition) is 4. The molecule has 0 saturated carbocycles. The van der Waals surface area contributed by atoms with Gasteiger partial charge < -0.3 is 10.6 Å². The summed E-state index contributed by atoms with van der Waals surface area (Å²) < 4.78 is 0. The van der Waals surface area contributed by atoms with E-state index >= 15 is 0 Å². The van der Waals surface area contributed by atoms with Crippen molar-refractivity contribution >= 4 is 17.6 Å². The van der Waals surface area contributed by atoms with Crippen molar-refractivity contribution in [2.24, 2.45) is 5.73 Å². The molecule has 1 aliphatic heterocycles. The van der Waals surface area contributed by atoms with Crippen LogP contribution in [0.3, 0.4) is 0 Å². The predicted octanol–water partition coefficient (Wildman–Crippen LogP) is 1.83. The van der Waals surface area contributed by atoms with Gasteiger partial charge >= 0.3 is 0 Å². The van der Waals surface area contributed by atoms with Crippen LogP contribution >= 0.6 is 11.8 Å². The average Bonchev–Trinajstić information content (AvgIpc) is 2.31. The van der Waals surface area contributed by atoms with Crippen LogP contribution in [0.1, 0.15) is 18.1 Å². The van der Waals surface area contributed by atoms with E-state index in [2.05, 4.69) is 29.8 Å². The van der Waals surface area contributed by atoms with E-state index in [-0.39, 0.29) is 0 Å². The van der Waals surface area contributed by atoms with Gasteiger partial charge in [0, 0.05) is 30.3 Å². The first-order chi connectivity index (χ1) is 8.22. The summed E-state index contributed by atoms with van der Waals surface area (Å²) >= 11 is 2.03. The van der Waals surface area contributed by atoms with Gasteiger partial charge in [0.1, 0.15) is 5.82 Å². The lowest BCUT2D eigenvalue weighted by Gasteiger charge is -2.35. The highest BCUT2D eigenvalue weighted by atomic mass is 32.2. The van der Waals surface area contributed by atoms with E-state index in [0.29, 0.717) is 12.6 Å². The van der Waals surface area contributed by atoms with Gasteiger partial charge in [-0.05, 0) is 37.9 Å². The number of hydrogen-bond donors (Lipinski definition) is 1. The SMILES string of the molecule is Cc1cc(CCN)cnc1N1CCSCC1C. The molecule has 1 unspecified atom stereocenters. The zero-order valence-corrected chi connectivity index (χ0v) is 11.5. The maximum Gasteiger partial charge on any atom is 0.131 e. The van der Waals surface area contributed by atoms with E-state index in [4.69, 9.17) is 5.73 Å². The van der Waals surface area contributed by atoms with Crippen molar-refractivity contribution < 1.29 is 0 Å². The molecule has 1 fully saturated rings. The Morgan fingerprint density at radius 1 is 1.59 bits per heavy atom. The fraction of sp³-hybridized carbons (Fsp3) is 0.615. The lowest BCUT2D eigenvalue weighted by atomic mass is 10.1. The summed E-state index contributed by atoms with van der Waals surface area (Å²) in [5.74, 6) is 3.56. The van der Waals surface area contributed by atoms with Crippen LogP contribution in [-0.4, -0.2) is 35.6 Å². The van der Waals surface area contributed by atoms with E-state index in [1.165, 1.54) is 22.6 Å². The van der Waals surface area contributed by atoms with Crippen LogP contribution in [0.4, 0.5) is 5.82 Å². The van der Waals surface area contributed by atoms with Gasteiger partial charge in [-0.3, -0.25) is 0 Å². The third-order valence-electron chi connectivity index (χ3n) is 3.18. The molecule has 2 N–H and O–H groups in total. The van der Waals surface area contributed by atoms with Crippen LogP contribution in [0, 0.1) is 6.92 Å². The maximum absolute atomic E-state index is 5.57. The summed E-state index contributed by atoms with van der Waals surface area (Å²) in [5.41, 5.74) is 8.09. The maximum atomic E-state index is 5.57. The quantitative estimate of drug-likeness (QED) is 0.890. The van der Waals surface area contributed by atoms with Crippen molar-refractivity contribution in [1.82, 2.24) is 4.98 Å². The van der Waals surface area contributed by atoms with Crippen molar-refractivity contribution in [3.63, 3.8) is 0 Å². The summed E-state index contributed by atoms with van der Waals surface area (Å²) in [6.07, 6.45) is 2.89. The molecule has 0 aromatic carbocycles. The highest BCUT2D eigenvalue weighted by Crippen LogP contribution is 2.25. The topological polar surface area (TPSA) is 42.1 Å². The van der Waals surface area contributed by atoms with E-state index in [1.807, 2.05) is 18.0 Å². The highest BCUT2D eigenvalue weighted by Gasteiger charge is 2.21. The van der Waals surface area contributed by atoms with Gasteiger partial charge in [-0.25, -0.2) is 4.98 Å². The molecule has 1 aliphatic rings. The monoisotopic (exact) mass is 251 g/mol. The number of anilines is 1. The minimum atomic E-state index is 0.584. The van der Waals surface area contributed by atoms with Gasteiger partial charge in [0.05, 0.1) is 0 Å². The Hall–Kier alpha value is -0.740. The van der Waals surface area contributed by atoms with Crippen LogP contribution in [0.25, 0.3) is 0 Å². The minimum absolute atomic E-state index is 0.584. The van der Waals surface area contributed by atoms with Crippen LogP contribution in [0.15, 0.2) is 12.3 Å². The highest BCUT2D eigenvalue weighted by molar-refractivity contribution is 7.99. The summed E-state index contributed by atoms with van der Waals surface area (Å²) in [7, 11) is 0. The standard InChI is InChI=1S/C13H21N3S/c1-10-7-12(3-4-14)8-15-13(10)16-5-6-17-9-11(16)2/h7-8,11H,3-6,9,14H2,1-2H3. The third kappa shape index (κ3) is 2.93. The summed E-state index contributed by atoms with van der Waals surface area (Å²) in [6.45, 7) is 6.23. The van der Waals surface area contributed by atoms with E-state index in [0.717, 1.165) is 18.8 Å². The Morgan fingerprint density at radius 2 is 2.41 bits per heavy atom. The van der Waals surface area contributed by atoms with Crippen molar-refractivity contribution in [3.05, 3.63) is 23.4 Å². The number of nitrogens with two attached hydrogens (primary N) is 1. The first-order valence-electron chi connectivity index (χ1n) is 6.22. The van der Waals surface area contributed by atoms with Crippen LogP contribution in [0.2, 0.25) is 0 Å². The molecule has 0 aliphatic carbocycles. The first-order valence-corrected chi connectivity index (χ1v) is 7.38. The summed E-state index contributed by atoms with van der Waals surface area (Å²) in [6, 6.07) is 2.81. The molecule has 2 heterocycles. The fourth-order valence-corrected chi connectivity index (χ4v) is 3.29. The van der Waals surface area contributed by atoms with Crippen LogP contribution in [-0.2, 0) is 6.42 Å². The van der Waals surface area contributed by atoms with Gasteiger partial charge in [0.15, 0.2) is 0 Å². The Kier molecular flexibility index (Phi) is 4.29. The Morgan fingerprint density at radius 3 is 3.06 bits per heavy atom. The zero-order valence-electron chi connectivity index (χ0n) is 10.6. The van der Waals surface area contributed by atoms with Crippen molar-refractivity contribution in [2.75, 3.05) is 29.5 Å². The molecule has 2 rings (SSSR count). The summed E-state index contributed by atoms with van der Waals surface area (Å²) in [4.78, 5) is 7.06. The van der Waals surface area contributed by atoms with Gasteiger partial charge in [-0.15, -0.1) is 0 Å². The Labute approximate surface area is 108 Å². The van der Waals surface area contributed by atoms with Crippen LogP contribution in [0.5, 0.6) is 0 Å². The van der Waals surface area contributed by atoms with Gasteiger partial charge in [0.25, 0.3) is 0 Å².